The zero-order valence-corrected chi connectivity index (χ0v) is 16.5. The van der Waals surface area contributed by atoms with Crippen LogP contribution in [0.3, 0.4) is 0 Å². The third-order valence-electron chi connectivity index (χ3n) is 4.68. The standard InChI is InChI=1S/C23H23NO4/c1-15-9-11-18(12-10-15)24-16(2)13-20(17(24)3)23(26)28-14-21(25)19-7-5-6-8-22(19)27-4/h5-13H,14H2,1-4H3. The number of Topliss-reactive ketones (excluding diaryl/α,β-unsaturated/α-hetero) is 1. The second-order valence-corrected chi connectivity index (χ2v) is 6.66. The largest absolute Gasteiger partial charge is 0.496 e. The Bertz CT molecular complexity index is 1020. The number of para-hydroxylation sites is 1. The molecule has 0 spiro atoms. The second-order valence-electron chi connectivity index (χ2n) is 6.66. The molecule has 5 heteroatoms. The molecule has 2 aromatic carbocycles. The van der Waals surface area contributed by atoms with E-state index in [2.05, 4.69) is 0 Å². The first kappa shape index (κ1) is 19.4. The third kappa shape index (κ3) is 3.83. The lowest BCUT2D eigenvalue weighted by molar-refractivity contribution is 0.0473. The lowest BCUT2D eigenvalue weighted by atomic mass is 10.1. The Morgan fingerprint density at radius 1 is 0.929 bits per heavy atom. The number of rotatable bonds is 6. The van der Waals surface area contributed by atoms with Gasteiger partial charge in [0.05, 0.1) is 18.2 Å². The monoisotopic (exact) mass is 377 g/mol. The van der Waals surface area contributed by atoms with Gasteiger partial charge < -0.3 is 14.0 Å². The molecule has 0 amide bonds. The molecule has 1 aromatic heterocycles. The van der Waals surface area contributed by atoms with E-state index in [4.69, 9.17) is 9.47 Å². The molecule has 0 unspecified atom stereocenters. The summed E-state index contributed by atoms with van der Waals surface area (Å²) in [5.74, 6) is -0.367. The minimum absolute atomic E-state index is 0.307. The van der Waals surface area contributed by atoms with Crippen LogP contribution in [-0.4, -0.2) is 30.0 Å². The smallest absolute Gasteiger partial charge is 0.340 e. The van der Waals surface area contributed by atoms with Crippen molar-refractivity contribution in [2.45, 2.75) is 20.8 Å². The van der Waals surface area contributed by atoms with Crippen molar-refractivity contribution in [3.8, 4) is 11.4 Å². The summed E-state index contributed by atoms with van der Waals surface area (Å²) in [4.78, 5) is 25.0. The van der Waals surface area contributed by atoms with E-state index in [1.165, 1.54) is 12.7 Å². The van der Waals surface area contributed by atoms with Crippen LogP contribution in [-0.2, 0) is 4.74 Å². The van der Waals surface area contributed by atoms with Gasteiger partial charge in [0.25, 0.3) is 0 Å². The van der Waals surface area contributed by atoms with Crippen LogP contribution in [0.2, 0.25) is 0 Å². The molecule has 1 heterocycles. The molecule has 0 aliphatic rings. The van der Waals surface area contributed by atoms with Gasteiger partial charge in [-0.25, -0.2) is 4.79 Å². The van der Waals surface area contributed by atoms with Crippen molar-refractivity contribution < 1.29 is 19.1 Å². The fraction of sp³-hybridized carbons (Fsp3) is 0.217. The lowest BCUT2D eigenvalue weighted by Crippen LogP contribution is -2.15. The summed E-state index contributed by atoms with van der Waals surface area (Å²) in [6.07, 6.45) is 0. The summed E-state index contributed by atoms with van der Waals surface area (Å²) in [7, 11) is 1.50. The number of carbonyl (C=O) groups excluding carboxylic acids is 2. The number of aromatic nitrogens is 1. The molecule has 3 rings (SSSR count). The van der Waals surface area contributed by atoms with Crippen LogP contribution < -0.4 is 4.74 Å². The molecular formula is C23H23NO4. The van der Waals surface area contributed by atoms with Gasteiger partial charge in [0, 0.05) is 17.1 Å². The van der Waals surface area contributed by atoms with Gasteiger partial charge in [-0.05, 0) is 51.1 Å². The summed E-state index contributed by atoms with van der Waals surface area (Å²) in [5.41, 5.74) is 4.68. The fourth-order valence-electron chi connectivity index (χ4n) is 3.22. The van der Waals surface area contributed by atoms with E-state index in [0.717, 1.165) is 17.1 Å². The normalized spacial score (nSPS) is 10.6. The van der Waals surface area contributed by atoms with E-state index >= 15 is 0 Å². The maximum Gasteiger partial charge on any atom is 0.340 e. The molecular weight excluding hydrogens is 354 g/mol. The molecule has 5 nitrogen and oxygen atoms in total. The van der Waals surface area contributed by atoms with E-state index in [9.17, 15) is 9.59 Å². The van der Waals surface area contributed by atoms with Crippen LogP contribution in [0, 0.1) is 20.8 Å². The number of methoxy groups -OCH3 is 1. The average Bonchev–Trinajstić information content (AvgIpc) is 3.00. The highest BCUT2D eigenvalue weighted by atomic mass is 16.5. The van der Waals surface area contributed by atoms with Crippen molar-refractivity contribution in [2.24, 2.45) is 0 Å². The molecule has 0 radical (unpaired) electrons. The first-order valence-corrected chi connectivity index (χ1v) is 9.01. The molecule has 0 saturated carbocycles. The summed E-state index contributed by atoms with van der Waals surface area (Å²) >= 11 is 0. The number of benzene rings is 2. The van der Waals surface area contributed by atoms with Gasteiger partial charge in [-0.3, -0.25) is 4.79 Å². The highest BCUT2D eigenvalue weighted by Gasteiger charge is 2.20. The lowest BCUT2D eigenvalue weighted by Gasteiger charge is -2.10. The zero-order chi connectivity index (χ0) is 20.3. The van der Waals surface area contributed by atoms with Crippen LogP contribution in [0.1, 0.15) is 37.7 Å². The first-order valence-electron chi connectivity index (χ1n) is 9.01. The first-order chi connectivity index (χ1) is 13.4. The average molecular weight is 377 g/mol. The van der Waals surface area contributed by atoms with Gasteiger partial charge in [0.1, 0.15) is 5.75 Å². The molecule has 0 aliphatic carbocycles. The molecule has 0 fully saturated rings. The van der Waals surface area contributed by atoms with Crippen LogP contribution in [0.25, 0.3) is 5.69 Å². The van der Waals surface area contributed by atoms with Crippen molar-refractivity contribution in [3.63, 3.8) is 0 Å². The van der Waals surface area contributed by atoms with Gasteiger partial charge in [-0.15, -0.1) is 0 Å². The number of ketones is 1. The van der Waals surface area contributed by atoms with Gasteiger partial charge >= 0.3 is 5.97 Å². The molecule has 0 N–H and O–H groups in total. The molecule has 144 valence electrons. The minimum Gasteiger partial charge on any atom is -0.496 e. The van der Waals surface area contributed by atoms with Gasteiger partial charge in [-0.1, -0.05) is 29.8 Å². The molecule has 0 aliphatic heterocycles. The van der Waals surface area contributed by atoms with E-state index in [1.807, 2.05) is 49.6 Å². The van der Waals surface area contributed by atoms with Crippen molar-refractivity contribution in [1.29, 1.82) is 0 Å². The predicted octanol–water partition coefficient (Wildman–Crippen LogP) is 4.45. The molecule has 0 bridgehead atoms. The van der Waals surface area contributed by atoms with Gasteiger partial charge in [-0.2, -0.15) is 0 Å². The van der Waals surface area contributed by atoms with Crippen molar-refractivity contribution in [3.05, 3.63) is 82.7 Å². The Kier molecular flexibility index (Phi) is 5.64. The predicted molar refractivity (Wildman–Crippen MR) is 108 cm³/mol. The number of hydrogen-bond acceptors (Lipinski definition) is 4. The Hall–Kier alpha value is -3.34. The highest BCUT2D eigenvalue weighted by molar-refractivity contribution is 6.01. The van der Waals surface area contributed by atoms with E-state index in [0.29, 0.717) is 16.9 Å². The maximum absolute atomic E-state index is 12.6. The van der Waals surface area contributed by atoms with Crippen molar-refractivity contribution in [1.82, 2.24) is 4.57 Å². The Balaban J connectivity index is 1.77. The third-order valence-corrected chi connectivity index (χ3v) is 4.68. The van der Waals surface area contributed by atoms with E-state index < -0.39 is 5.97 Å². The summed E-state index contributed by atoms with van der Waals surface area (Å²) < 4.78 is 12.5. The Labute approximate surface area is 164 Å². The Morgan fingerprint density at radius 2 is 1.61 bits per heavy atom. The van der Waals surface area contributed by atoms with Crippen LogP contribution in [0.4, 0.5) is 0 Å². The van der Waals surface area contributed by atoms with Crippen LogP contribution >= 0.6 is 0 Å². The number of carbonyl (C=O) groups is 2. The van der Waals surface area contributed by atoms with Crippen LogP contribution in [0.15, 0.2) is 54.6 Å². The Morgan fingerprint density at radius 3 is 2.29 bits per heavy atom. The van der Waals surface area contributed by atoms with E-state index in [1.54, 1.807) is 30.3 Å². The van der Waals surface area contributed by atoms with Crippen molar-refractivity contribution in [2.75, 3.05) is 13.7 Å². The topological polar surface area (TPSA) is 57.5 Å². The second kappa shape index (κ2) is 8.13. The van der Waals surface area contributed by atoms with Gasteiger partial charge in [0.15, 0.2) is 6.61 Å². The highest BCUT2D eigenvalue weighted by Crippen LogP contribution is 2.22. The SMILES string of the molecule is COc1ccccc1C(=O)COC(=O)c1cc(C)n(-c2ccc(C)cc2)c1C. The summed E-state index contributed by atoms with van der Waals surface area (Å²) in [6, 6.07) is 16.7. The number of ether oxygens (including phenoxy) is 2. The fourth-order valence-corrected chi connectivity index (χ4v) is 3.22. The molecule has 0 saturated heterocycles. The zero-order valence-electron chi connectivity index (χ0n) is 16.5. The van der Waals surface area contributed by atoms with Crippen molar-refractivity contribution >= 4 is 11.8 Å². The molecule has 3 aromatic rings. The molecule has 28 heavy (non-hydrogen) atoms. The minimum atomic E-state index is -0.519. The number of nitrogens with zero attached hydrogens (tertiary/aromatic N) is 1. The molecule has 0 atom stereocenters. The summed E-state index contributed by atoms with van der Waals surface area (Å²) in [5, 5.41) is 0. The maximum atomic E-state index is 12.6. The van der Waals surface area contributed by atoms with E-state index in [-0.39, 0.29) is 12.4 Å². The van der Waals surface area contributed by atoms with Crippen LogP contribution in [0.5, 0.6) is 5.75 Å². The van der Waals surface area contributed by atoms with Gasteiger partial charge in [0.2, 0.25) is 5.78 Å². The summed E-state index contributed by atoms with van der Waals surface area (Å²) in [6.45, 7) is 5.49. The quantitative estimate of drug-likeness (QED) is 0.470. The number of aryl methyl sites for hydroxylation is 2. The number of esters is 1. The number of hydrogen-bond donors (Lipinski definition) is 0.